The maximum atomic E-state index is 11.8. The second-order valence-electron chi connectivity index (χ2n) is 4.81. The van der Waals surface area contributed by atoms with Crippen LogP contribution in [0.3, 0.4) is 0 Å². The number of carboxylic acid groups (broad SMARTS) is 1. The predicted octanol–water partition coefficient (Wildman–Crippen LogP) is 1.68. The van der Waals surface area contributed by atoms with E-state index in [4.69, 9.17) is 5.11 Å². The molecule has 1 unspecified atom stereocenters. The molecule has 0 aromatic rings. The molecule has 0 bridgehead atoms. The molecule has 19 heavy (non-hydrogen) atoms. The average Bonchev–Trinajstić information content (AvgIpc) is 2.41. The molecule has 0 saturated heterocycles. The molecule has 0 heterocycles. The monoisotopic (exact) mass is 272 g/mol. The van der Waals surface area contributed by atoms with Crippen LogP contribution in [0.2, 0.25) is 0 Å². The van der Waals surface area contributed by atoms with Gasteiger partial charge in [-0.2, -0.15) is 0 Å². The third-order valence-corrected chi connectivity index (χ3v) is 3.37. The summed E-state index contributed by atoms with van der Waals surface area (Å²) >= 11 is 0. The van der Waals surface area contributed by atoms with Crippen LogP contribution in [0, 0.1) is 5.92 Å². The minimum Gasteiger partial charge on any atom is -0.481 e. The highest BCUT2D eigenvalue weighted by Gasteiger charge is 2.19. The number of amides is 1. The molecule has 0 fully saturated rings. The quantitative estimate of drug-likeness (QED) is 0.657. The summed E-state index contributed by atoms with van der Waals surface area (Å²) in [5, 5.41) is 8.93. The molecule has 0 aromatic carbocycles. The molecule has 5 heteroatoms. The van der Waals surface area contributed by atoms with Crippen molar-refractivity contribution < 1.29 is 14.7 Å². The van der Waals surface area contributed by atoms with E-state index >= 15 is 0 Å². The Balaban J connectivity index is 4.28. The van der Waals surface area contributed by atoms with E-state index in [2.05, 4.69) is 18.7 Å². The number of nitrogens with zero attached hydrogens (tertiary/aromatic N) is 2. The van der Waals surface area contributed by atoms with Crippen molar-refractivity contribution in [3.8, 4) is 0 Å². The van der Waals surface area contributed by atoms with E-state index in [1.807, 2.05) is 6.92 Å². The molecule has 0 rings (SSSR count). The fraction of sp³-hybridized carbons (Fsp3) is 0.857. The van der Waals surface area contributed by atoms with Gasteiger partial charge in [0.15, 0.2) is 0 Å². The summed E-state index contributed by atoms with van der Waals surface area (Å²) in [5.41, 5.74) is 0. The zero-order chi connectivity index (χ0) is 14.8. The fourth-order valence-corrected chi connectivity index (χ4v) is 1.98. The fourth-order valence-electron chi connectivity index (χ4n) is 1.98. The molecular weight excluding hydrogens is 244 g/mol. The van der Waals surface area contributed by atoms with Gasteiger partial charge in [0.05, 0.1) is 5.92 Å². The van der Waals surface area contributed by atoms with Crippen molar-refractivity contribution in [1.29, 1.82) is 0 Å². The number of rotatable bonds is 10. The number of carbonyl (C=O) groups is 2. The number of hydrogen-bond donors (Lipinski definition) is 1. The van der Waals surface area contributed by atoms with E-state index in [0.29, 0.717) is 19.5 Å². The van der Waals surface area contributed by atoms with Crippen LogP contribution in [-0.2, 0) is 9.59 Å². The van der Waals surface area contributed by atoms with E-state index in [9.17, 15) is 9.59 Å². The highest BCUT2D eigenvalue weighted by molar-refractivity contribution is 5.77. The summed E-state index contributed by atoms with van der Waals surface area (Å²) in [5.74, 6) is -1.32. The second kappa shape index (κ2) is 9.78. The molecule has 0 aliphatic rings. The van der Waals surface area contributed by atoms with Crippen molar-refractivity contribution in [1.82, 2.24) is 9.80 Å². The first kappa shape index (κ1) is 17.9. The summed E-state index contributed by atoms with van der Waals surface area (Å²) in [6.45, 7) is 11.6. The van der Waals surface area contributed by atoms with Gasteiger partial charge in [-0.05, 0) is 26.1 Å². The Morgan fingerprint density at radius 1 is 1.11 bits per heavy atom. The molecule has 1 amide bonds. The van der Waals surface area contributed by atoms with Crippen molar-refractivity contribution in [2.75, 3.05) is 32.7 Å². The van der Waals surface area contributed by atoms with Crippen molar-refractivity contribution in [2.45, 2.75) is 40.5 Å². The van der Waals surface area contributed by atoms with Crippen LogP contribution < -0.4 is 0 Å². The van der Waals surface area contributed by atoms with Crippen molar-refractivity contribution in [2.24, 2.45) is 5.92 Å². The van der Waals surface area contributed by atoms with E-state index < -0.39 is 11.9 Å². The lowest BCUT2D eigenvalue weighted by Gasteiger charge is -2.26. The van der Waals surface area contributed by atoms with Crippen LogP contribution >= 0.6 is 0 Å². The number of carbonyl (C=O) groups excluding carboxylic acids is 1. The third-order valence-electron chi connectivity index (χ3n) is 3.37. The standard InChI is InChI=1S/C14H28N2O3/c1-5-13(17)16(11-12(4)14(18)19)10-8-9-15(6-2)7-3/h12H,5-11H2,1-4H3,(H,18,19). The maximum absolute atomic E-state index is 11.8. The summed E-state index contributed by atoms with van der Waals surface area (Å²) in [4.78, 5) is 26.7. The topological polar surface area (TPSA) is 60.9 Å². The lowest BCUT2D eigenvalue weighted by molar-refractivity contribution is -0.143. The van der Waals surface area contributed by atoms with Crippen LogP contribution in [-0.4, -0.2) is 59.5 Å². The highest BCUT2D eigenvalue weighted by atomic mass is 16.4. The van der Waals surface area contributed by atoms with Gasteiger partial charge in [-0.3, -0.25) is 9.59 Å². The molecule has 112 valence electrons. The Morgan fingerprint density at radius 2 is 1.68 bits per heavy atom. The minimum absolute atomic E-state index is 0.0349. The van der Waals surface area contributed by atoms with Gasteiger partial charge in [0.1, 0.15) is 0 Å². The van der Waals surface area contributed by atoms with E-state index in [-0.39, 0.29) is 5.91 Å². The number of hydrogen-bond acceptors (Lipinski definition) is 3. The molecule has 0 aromatic heterocycles. The normalized spacial score (nSPS) is 12.5. The van der Waals surface area contributed by atoms with Crippen molar-refractivity contribution in [3.05, 3.63) is 0 Å². The van der Waals surface area contributed by atoms with Gasteiger partial charge in [0.2, 0.25) is 5.91 Å². The van der Waals surface area contributed by atoms with Gasteiger partial charge in [-0.1, -0.05) is 27.7 Å². The molecule has 1 atom stereocenters. The van der Waals surface area contributed by atoms with Gasteiger partial charge >= 0.3 is 5.97 Å². The van der Waals surface area contributed by atoms with Gasteiger partial charge in [-0.15, -0.1) is 0 Å². The molecule has 0 radical (unpaired) electrons. The highest BCUT2D eigenvalue weighted by Crippen LogP contribution is 2.04. The molecule has 0 saturated carbocycles. The van der Waals surface area contributed by atoms with E-state index in [1.54, 1.807) is 11.8 Å². The van der Waals surface area contributed by atoms with Gasteiger partial charge in [0.25, 0.3) is 0 Å². The second-order valence-corrected chi connectivity index (χ2v) is 4.81. The third kappa shape index (κ3) is 7.15. The zero-order valence-electron chi connectivity index (χ0n) is 12.7. The van der Waals surface area contributed by atoms with Crippen LogP contribution in [0.15, 0.2) is 0 Å². The summed E-state index contributed by atoms with van der Waals surface area (Å²) in [7, 11) is 0. The SMILES string of the molecule is CCC(=O)N(CCCN(CC)CC)CC(C)C(=O)O. The van der Waals surface area contributed by atoms with Gasteiger partial charge < -0.3 is 14.9 Å². The number of aliphatic carboxylic acids is 1. The number of carboxylic acids is 1. The van der Waals surface area contributed by atoms with Gasteiger partial charge in [-0.25, -0.2) is 0 Å². The Hall–Kier alpha value is -1.10. The van der Waals surface area contributed by atoms with Gasteiger partial charge in [0, 0.05) is 19.5 Å². The minimum atomic E-state index is -0.849. The molecule has 0 aliphatic heterocycles. The summed E-state index contributed by atoms with van der Waals surface area (Å²) in [6.07, 6.45) is 1.32. The van der Waals surface area contributed by atoms with Crippen LogP contribution in [0.1, 0.15) is 40.5 Å². The van der Waals surface area contributed by atoms with E-state index in [1.165, 1.54) is 0 Å². The summed E-state index contributed by atoms with van der Waals surface area (Å²) in [6, 6.07) is 0. The van der Waals surface area contributed by atoms with Crippen LogP contribution in [0.4, 0.5) is 0 Å². The van der Waals surface area contributed by atoms with Crippen molar-refractivity contribution >= 4 is 11.9 Å². The molecule has 5 nitrogen and oxygen atoms in total. The van der Waals surface area contributed by atoms with E-state index in [0.717, 1.165) is 26.1 Å². The summed E-state index contributed by atoms with van der Waals surface area (Å²) < 4.78 is 0. The predicted molar refractivity (Wildman–Crippen MR) is 76.1 cm³/mol. The lowest BCUT2D eigenvalue weighted by Crippen LogP contribution is -2.38. The Labute approximate surface area is 116 Å². The Kier molecular flexibility index (Phi) is 9.21. The first-order chi connectivity index (χ1) is 8.96. The smallest absolute Gasteiger partial charge is 0.308 e. The van der Waals surface area contributed by atoms with Crippen LogP contribution in [0.5, 0.6) is 0 Å². The first-order valence-electron chi connectivity index (χ1n) is 7.19. The zero-order valence-corrected chi connectivity index (χ0v) is 12.7. The maximum Gasteiger partial charge on any atom is 0.308 e. The molecular formula is C14H28N2O3. The van der Waals surface area contributed by atoms with Crippen LogP contribution in [0.25, 0.3) is 0 Å². The lowest BCUT2D eigenvalue weighted by atomic mass is 10.1. The molecule has 1 N–H and O–H groups in total. The first-order valence-corrected chi connectivity index (χ1v) is 7.19. The Morgan fingerprint density at radius 3 is 2.11 bits per heavy atom. The Bertz CT molecular complexity index is 278. The molecule has 0 aliphatic carbocycles. The largest absolute Gasteiger partial charge is 0.481 e. The molecule has 0 spiro atoms. The average molecular weight is 272 g/mol. The van der Waals surface area contributed by atoms with Crippen molar-refractivity contribution in [3.63, 3.8) is 0 Å².